The normalized spacial score (nSPS) is 22.1. The number of aryl methyl sites for hydroxylation is 1. The van der Waals surface area contributed by atoms with Crippen LogP contribution in [0, 0.1) is 6.92 Å². The van der Waals surface area contributed by atoms with Crippen LogP contribution in [0.15, 0.2) is 22.6 Å². The Hall–Kier alpha value is -1.40. The summed E-state index contributed by atoms with van der Waals surface area (Å²) in [6.45, 7) is 2.46. The molecule has 1 aromatic heterocycles. The smallest absolute Gasteiger partial charge is 0.209 e. The highest BCUT2D eigenvalue weighted by Crippen LogP contribution is 2.19. The van der Waals surface area contributed by atoms with Crippen molar-refractivity contribution in [2.75, 3.05) is 11.5 Å². The van der Waals surface area contributed by atoms with Crippen LogP contribution in [0.1, 0.15) is 17.9 Å². The van der Waals surface area contributed by atoms with Gasteiger partial charge in [-0.1, -0.05) is 12.1 Å². The lowest BCUT2D eigenvalue weighted by Gasteiger charge is -2.07. The Morgan fingerprint density at radius 1 is 1.47 bits per heavy atom. The molecule has 0 saturated carbocycles. The molecule has 0 spiro atoms. The van der Waals surface area contributed by atoms with E-state index >= 15 is 0 Å². The molecule has 102 valence electrons. The van der Waals surface area contributed by atoms with Crippen LogP contribution in [-0.2, 0) is 16.4 Å². The van der Waals surface area contributed by atoms with Gasteiger partial charge in [-0.2, -0.15) is 0 Å². The zero-order chi connectivity index (χ0) is 13.5. The van der Waals surface area contributed by atoms with Gasteiger partial charge < -0.3 is 9.73 Å². The molecule has 5 nitrogen and oxygen atoms in total. The molecule has 0 aliphatic carbocycles. The highest BCUT2D eigenvalue weighted by Gasteiger charge is 2.27. The lowest BCUT2D eigenvalue weighted by atomic mass is 10.2. The van der Waals surface area contributed by atoms with Gasteiger partial charge in [0.25, 0.3) is 0 Å². The van der Waals surface area contributed by atoms with Gasteiger partial charge in [0.2, 0.25) is 5.89 Å². The third-order valence-electron chi connectivity index (χ3n) is 3.44. The number of para-hydroxylation sites is 1. The lowest BCUT2D eigenvalue weighted by Crippen LogP contribution is -2.29. The van der Waals surface area contributed by atoms with Gasteiger partial charge in [-0.3, -0.25) is 0 Å². The van der Waals surface area contributed by atoms with Gasteiger partial charge in [0.15, 0.2) is 15.4 Å². The molecule has 1 saturated heterocycles. The Labute approximate surface area is 111 Å². The van der Waals surface area contributed by atoms with Crippen LogP contribution < -0.4 is 5.32 Å². The van der Waals surface area contributed by atoms with Crippen molar-refractivity contribution in [1.82, 2.24) is 10.3 Å². The van der Waals surface area contributed by atoms with Crippen molar-refractivity contribution in [2.45, 2.75) is 25.9 Å². The second kappa shape index (κ2) is 4.61. The number of nitrogens with zero attached hydrogens (tertiary/aromatic N) is 1. The molecule has 2 aromatic rings. The van der Waals surface area contributed by atoms with Crippen LogP contribution in [0.4, 0.5) is 0 Å². The summed E-state index contributed by atoms with van der Waals surface area (Å²) in [4.78, 5) is 4.43. The second-order valence-electron chi connectivity index (χ2n) is 5.01. The van der Waals surface area contributed by atoms with Gasteiger partial charge in [-0.15, -0.1) is 0 Å². The minimum absolute atomic E-state index is 0.0149. The number of hydrogen-bond donors (Lipinski definition) is 1. The van der Waals surface area contributed by atoms with E-state index in [1.54, 1.807) is 0 Å². The predicted molar refractivity (Wildman–Crippen MR) is 72.6 cm³/mol. The molecule has 1 atom stereocenters. The number of rotatable bonds is 3. The SMILES string of the molecule is Cc1cccc2oc(CNC3CCS(=O)(=O)C3)nc12. The number of aromatic nitrogens is 1. The number of benzene rings is 1. The number of hydrogen-bond acceptors (Lipinski definition) is 5. The van der Waals surface area contributed by atoms with E-state index in [2.05, 4.69) is 10.3 Å². The highest BCUT2D eigenvalue weighted by atomic mass is 32.2. The molecule has 2 heterocycles. The average molecular weight is 280 g/mol. The summed E-state index contributed by atoms with van der Waals surface area (Å²) in [5.41, 5.74) is 2.73. The molecule has 1 unspecified atom stereocenters. The first kappa shape index (κ1) is 12.6. The molecular formula is C13H16N2O3S. The Kier molecular flexibility index (Phi) is 3.06. The average Bonchev–Trinajstić information content (AvgIpc) is 2.91. The first-order chi connectivity index (χ1) is 9.03. The van der Waals surface area contributed by atoms with Crippen molar-refractivity contribution in [2.24, 2.45) is 0 Å². The van der Waals surface area contributed by atoms with E-state index < -0.39 is 9.84 Å². The number of nitrogens with one attached hydrogen (secondary N) is 1. The third kappa shape index (κ3) is 2.64. The first-order valence-corrected chi connectivity index (χ1v) is 8.14. The fraction of sp³-hybridized carbons (Fsp3) is 0.462. The summed E-state index contributed by atoms with van der Waals surface area (Å²) in [5, 5.41) is 3.20. The van der Waals surface area contributed by atoms with Crippen molar-refractivity contribution in [3.05, 3.63) is 29.7 Å². The molecule has 3 rings (SSSR count). The van der Waals surface area contributed by atoms with E-state index in [0.29, 0.717) is 18.9 Å². The fourth-order valence-corrected chi connectivity index (χ4v) is 4.10. The molecule has 1 aliphatic heterocycles. The quantitative estimate of drug-likeness (QED) is 0.920. The van der Waals surface area contributed by atoms with Crippen molar-refractivity contribution in [1.29, 1.82) is 0 Å². The van der Waals surface area contributed by atoms with Crippen LogP contribution >= 0.6 is 0 Å². The summed E-state index contributed by atoms with van der Waals surface area (Å²) in [5.74, 6) is 1.09. The van der Waals surface area contributed by atoms with E-state index in [1.165, 1.54) is 0 Å². The van der Waals surface area contributed by atoms with Crippen LogP contribution in [0.3, 0.4) is 0 Å². The van der Waals surface area contributed by atoms with Crippen LogP contribution in [0.5, 0.6) is 0 Å². The maximum atomic E-state index is 11.4. The molecule has 1 fully saturated rings. The Morgan fingerprint density at radius 2 is 2.32 bits per heavy atom. The van der Waals surface area contributed by atoms with Gasteiger partial charge in [-0.25, -0.2) is 13.4 Å². The highest BCUT2D eigenvalue weighted by molar-refractivity contribution is 7.91. The summed E-state index contributed by atoms with van der Waals surface area (Å²) < 4.78 is 28.4. The predicted octanol–water partition coefficient (Wildman–Crippen LogP) is 1.41. The summed E-state index contributed by atoms with van der Waals surface area (Å²) in [7, 11) is -2.84. The van der Waals surface area contributed by atoms with Gasteiger partial charge in [0.05, 0.1) is 18.1 Å². The molecule has 0 bridgehead atoms. The number of fused-ring (bicyclic) bond motifs is 1. The zero-order valence-corrected chi connectivity index (χ0v) is 11.5. The second-order valence-corrected chi connectivity index (χ2v) is 7.24. The van der Waals surface area contributed by atoms with Crippen molar-refractivity contribution >= 4 is 20.9 Å². The summed E-state index contributed by atoms with van der Waals surface area (Å²) in [6, 6.07) is 5.83. The summed E-state index contributed by atoms with van der Waals surface area (Å²) in [6.07, 6.45) is 0.668. The maximum Gasteiger partial charge on any atom is 0.209 e. The molecule has 6 heteroatoms. The molecule has 19 heavy (non-hydrogen) atoms. The minimum Gasteiger partial charge on any atom is -0.439 e. The lowest BCUT2D eigenvalue weighted by molar-refractivity contribution is 0.463. The van der Waals surface area contributed by atoms with Gasteiger partial charge in [0, 0.05) is 6.04 Å². The Balaban J connectivity index is 1.71. The maximum absolute atomic E-state index is 11.4. The Bertz CT molecular complexity index is 706. The topological polar surface area (TPSA) is 72.2 Å². The first-order valence-electron chi connectivity index (χ1n) is 6.32. The van der Waals surface area contributed by atoms with Crippen LogP contribution in [-0.4, -0.2) is 30.9 Å². The van der Waals surface area contributed by atoms with E-state index in [4.69, 9.17) is 4.42 Å². The van der Waals surface area contributed by atoms with E-state index in [9.17, 15) is 8.42 Å². The molecule has 1 aliphatic rings. The van der Waals surface area contributed by atoms with Gasteiger partial charge in [-0.05, 0) is 25.0 Å². The van der Waals surface area contributed by atoms with Gasteiger partial charge in [0.1, 0.15) is 5.52 Å². The van der Waals surface area contributed by atoms with Crippen molar-refractivity contribution in [3.63, 3.8) is 0 Å². The van der Waals surface area contributed by atoms with Crippen molar-refractivity contribution in [3.8, 4) is 0 Å². The minimum atomic E-state index is -2.84. The molecule has 0 radical (unpaired) electrons. The van der Waals surface area contributed by atoms with Crippen LogP contribution in [0.25, 0.3) is 11.1 Å². The fourth-order valence-electron chi connectivity index (χ4n) is 2.40. The molecule has 1 N–H and O–H groups in total. The molecule has 0 amide bonds. The monoisotopic (exact) mass is 280 g/mol. The van der Waals surface area contributed by atoms with E-state index in [1.807, 2.05) is 25.1 Å². The standard InChI is InChI=1S/C13H16N2O3S/c1-9-3-2-4-11-13(9)15-12(18-11)7-14-10-5-6-19(16,17)8-10/h2-4,10,14H,5-8H2,1H3. The molecule has 1 aromatic carbocycles. The van der Waals surface area contributed by atoms with Gasteiger partial charge >= 0.3 is 0 Å². The van der Waals surface area contributed by atoms with E-state index in [-0.39, 0.29) is 17.5 Å². The zero-order valence-electron chi connectivity index (χ0n) is 10.7. The Morgan fingerprint density at radius 3 is 3.00 bits per heavy atom. The summed E-state index contributed by atoms with van der Waals surface area (Å²) >= 11 is 0. The van der Waals surface area contributed by atoms with Crippen LogP contribution in [0.2, 0.25) is 0 Å². The molecular weight excluding hydrogens is 264 g/mol. The third-order valence-corrected chi connectivity index (χ3v) is 5.21. The number of oxazole rings is 1. The largest absolute Gasteiger partial charge is 0.439 e. The number of sulfone groups is 1. The van der Waals surface area contributed by atoms with E-state index in [0.717, 1.165) is 16.7 Å². The van der Waals surface area contributed by atoms with Crippen molar-refractivity contribution < 1.29 is 12.8 Å².